The second-order valence-electron chi connectivity index (χ2n) is 3.54. The molecule has 0 spiro atoms. The molecule has 0 bridgehead atoms. The predicted molar refractivity (Wildman–Crippen MR) is 62.8 cm³/mol. The SMILES string of the molecule is CCC.CCc1ccc2c(c1)OCCO2. The first-order chi connectivity index (χ1) is 7.31. The minimum Gasteiger partial charge on any atom is -0.486 e. The Kier molecular flexibility index (Phi) is 5.02. The van der Waals surface area contributed by atoms with E-state index in [-0.39, 0.29) is 0 Å². The Labute approximate surface area is 92.2 Å². The van der Waals surface area contributed by atoms with E-state index < -0.39 is 0 Å². The lowest BCUT2D eigenvalue weighted by Gasteiger charge is -2.18. The maximum absolute atomic E-state index is 5.44. The van der Waals surface area contributed by atoms with Crippen LogP contribution in [0.15, 0.2) is 18.2 Å². The van der Waals surface area contributed by atoms with Crippen LogP contribution >= 0.6 is 0 Å². The molecule has 1 heterocycles. The van der Waals surface area contributed by atoms with Crippen LogP contribution in [0.5, 0.6) is 11.5 Å². The Balaban J connectivity index is 0.000000337. The quantitative estimate of drug-likeness (QED) is 0.704. The molecule has 0 radical (unpaired) electrons. The van der Waals surface area contributed by atoms with Gasteiger partial charge < -0.3 is 9.47 Å². The number of benzene rings is 1. The van der Waals surface area contributed by atoms with Crippen molar-refractivity contribution in [3.8, 4) is 11.5 Å². The van der Waals surface area contributed by atoms with Gasteiger partial charge in [0.2, 0.25) is 0 Å². The van der Waals surface area contributed by atoms with E-state index in [9.17, 15) is 0 Å². The van der Waals surface area contributed by atoms with Gasteiger partial charge in [0.25, 0.3) is 0 Å². The lowest BCUT2D eigenvalue weighted by Crippen LogP contribution is -2.15. The summed E-state index contributed by atoms with van der Waals surface area (Å²) in [6.07, 6.45) is 2.29. The molecule has 0 saturated carbocycles. The highest BCUT2D eigenvalue weighted by atomic mass is 16.6. The molecule has 0 aliphatic carbocycles. The van der Waals surface area contributed by atoms with E-state index in [2.05, 4.69) is 32.9 Å². The first-order valence-electron chi connectivity index (χ1n) is 5.70. The van der Waals surface area contributed by atoms with Gasteiger partial charge in [0, 0.05) is 0 Å². The van der Waals surface area contributed by atoms with Crippen molar-refractivity contribution in [3.05, 3.63) is 23.8 Å². The summed E-state index contributed by atoms with van der Waals surface area (Å²) in [6.45, 7) is 7.71. The topological polar surface area (TPSA) is 18.5 Å². The van der Waals surface area contributed by atoms with Gasteiger partial charge in [-0.15, -0.1) is 0 Å². The van der Waals surface area contributed by atoms with Gasteiger partial charge in [-0.25, -0.2) is 0 Å². The zero-order valence-corrected chi connectivity index (χ0v) is 9.88. The van der Waals surface area contributed by atoms with E-state index in [1.165, 1.54) is 12.0 Å². The maximum atomic E-state index is 5.44. The third kappa shape index (κ3) is 3.46. The smallest absolute Gasteiger partial charge is 0.161 e. The van der Waals surface area contributed by atoms with Gasteiger partial charge in [-0.05, 0) is 24.1 Å². The first kappa shape index (κ1) is 11.9. The third-order valence-corrected chi connectivity index (χ3v) is 2.01. The molecule has 0 saturated heterocycles. The molecule has 1 aromatic rings. The summed E-state index contributed by atoms with van der Waals surface area (Å²) >= 11 is 0. The summed E-state index contributed by atoms with van der Waals surface area (Å²) in [5.74, 6) is 1.76. The minimum absolute atomic E-state index is 0.665. The summed E-state index contributed by atoms with van der Waals surface area (Å²) in [5.41, 5.74) is 1.29. The minimum atomic E-state index is 0.665. The van der Waals surface area contributed by atoms with Gasteiger partial charge in [-0.3, -0.25) is 0 Å². The van der Waals surface area contributed by atoms with Crippen molar-refractivity contribution >= 4 is 0 Å². The largest absolute Gasteiger partial charge is 0.486 e. The number of hydrogen-bond donors (Lipinski definition) is 0. The Bertz CT molecular complexity index is 295. The molecule has 1 aromatic carbocycles. The maximum Gasteiger partial charge on any atom is 0.161 e. The molecule has 0 atom stereocenters. The van der Waals surface area contributed by atoms with Crippen LogP contribution in [0, 0.1) is 0 Å². The van der Waals surface area contributed by atoms with Crippen LogP contribution in [0.3, 0.4) is 0 Å². The highest BCUT2D eigenvalue weighted by Crippen LogP contribution is 2.30. The number of fused-ring (bicyclic) bond motifs is 1. The van der Waals surface area contributed by atoms with Gasteiger partial charge in [-0.2, -0.15) is 0 Å². The molecular formula is C13H20O2. The Morgan fingerprint density at radius 2 is 1.60 bits per heavy atom. The van der Waals surface area contributed by atoms with Crippen LogP contribution in [0.1, 0.15) is 32.8 Å². The molecule has 0 N–H and O–H groups in total. The molecule has 1 aliphatic heterocycles. The van der Waals surface area contributed by atoms with Gasteiger partial charge in [-0.1, -0.05) is 33.3 Å². The van der Waals surface area contributed by atoms with Crippen LogP contribution in [-0.2, 0) is 6.42 Å². The van der Waals surface area contributed by atoms with Gasteiger partial charge >= 0.3 is 0 Å². The summed E-state index contributed by atoms with van der Waals surface area (Å²) in [5, 5.41) is 0. The Morgan fingerprint density at radius 3 is 2.20 bits per heavy atom. The van der Waals surface area contributed by atoms with Crippen LogP contribution < -0.4 is 9.47 Å². The lowest BCUT2D eigenvalue weighted by atomic mass is 10.1. The first-order valence-corrected chi connectivity index (χ1v) is 5.70. The number of hydrogen-bond acceptors (Lipinski definition) is 2. The van der Waals surface area contributed by atoms with Crippen molar-refractivity contribution in [2.45, 2.75) is 33.6 Å². The lowest BCUT2D eigenvalue weighted by molar-refractivity contribution is 0.171. The average Bonchev–Trinajstić information content (AvgIpc) is 2.29. The van der Waals surface area contributed by atoms with Crippen molar-refractivity contribution in [2.75, 3.05) is 13.2 Å². The van der Waals surface area contributed by atoms with Crippen molar-refractivity contribution in [3.63, 3.8) is 0 Å². The van der Waals surface area contributed by atoms with Crippen LogP contribution in [0.25, 0.3) is 0 Å². The average molecular weight is 208 g/mol. The van der Waals surface area contributed by atoms with Crippen molar-refractivity contribution in [1.82, 2.24) is 0 Å². The standard InChI is InChI=1S/C10H12O2.C3H8/c1-2-8-3-4-9-10(7-8)12-6-5-11-9;1-3-2/h3-4,7H,2,5-6H2,1H3;3H2,1-2H3. The van der Waals surface area contributed by atoms with Crippen LogP contribution in [0.4, 0.5) is 0 Å². The summed E-state index contributed by atoms with van der Waals surface area (Å²) < 4.78 is 10.8. The van der Waals surface area contributed by atoms with Crippen LogP contribution in [-0.4, -0.2) is 13.2 Å². The summed E-state index contributed by atoms with van der Waals surface area (Å²) in [4.78, 5) is 0. The molecule has 2 heteroatoms. The molecule has 1 aliphatic rings. The highest BCUT2D eigenvalue weighted by Gasteiger charge is 2.10. The fraction of sp³-hybridized carbons (Fsp3) is 0.538. The van der Waals surface area contributed by atoms with Gasteiger partial charge in [0.1, 0.15) is 13.2 Å². The monoisotopic (exact) mass is 208 g/mol. The van der Waals surface area contributed by atoms with Gasteiger partial charge in [0.15, 0.2) is 11.5 Å². The molecule has 0 aromatic heterocycles. The number of rotatable bonds is 1. The Hall–Kier alpha value is -1.18. The van der Waals surface area contributed by atoms with Crippen molar-refractivity contribution < 1.29 is 9.47 Å². The Morgan fingerprint density at radius 1 is 1.00 bits per heavy atom. The molecule has 0 amide bonds. The second kappa shape index (κ2) is 6.33. The molecule has 0 fully saturated rings. The van der Waals surface area contributed by atoms with E-state index in [1.54, 1.807) is 0 Å². The fourth-order valence-corrected chi connectivity index (χ4v) is 1.31. The van der Waals surface area contributed by atoms with E-state index in [4.69, 9.17) is 9.47 Å². The molecule has 2 nitrogen and oxygen atoms in total. The van der Waals surface area contributed by atoms with Crippen molar-refractivity contribution in [2.24, 2.45) is 0 Å². The number of ether oxygens (including phenoxy) is 2. The predicted octanol–water partition coefficient (Wildman–Crippen LogP) is 3.44. The second-order valence-corrected chi connectivity index (χ2v) is 3.54. The number of aryl methyl sites for hydroxylation is 1. The van der Waals surface area contributed by atoms with E-state index in [0.717, 1.165) is 17.9 Å². The molecule has 2 rings (SSSR count). The summed E-state index contributed by atoms with van der Waals surface area (Å²) in [7, 11) is 0. The zero-order valence-electron chi connectivity index (χ0n) is 9.88. The summed E-state index contributed by atoms with van der Waals surface area (Å²) in [6, 6.07) is 6.11. The van der Waals surface area contributed by atoms with E-state index >= 15 is 0 Å². The van der Waals surface area contributed by atoms with Crippen molar-refractivity contribution in [1.29, 1.82) is 0 Å². The fourth-order valence-electron chi connectivity index (χ4n) is 1.31. The van der Waals surface area contributed by atoms with Gasteiger partial charge in [0.05, 0.1) is 0 Å². The van der Waals surface area contributed by atoms with E-state index in [0.29, 0.717) is 13.2 Å². The van der Waals surface area contributed by atoms with Crippen LogP contribution in [0.2, 0.25) is 0 Å². The molecule has 15 heavy (non-hydrogen) atoms. The molecule has 0 unspecified atom stereocenters. The molecular weight excluding hydrogens is 188 g/mol. The van der Waals surface area contributed by atoms with E-state index in [1.807, 2.05) is 6.07 Å². The zero-order chi connectivity index (χ0) is 11.1. The highest BCUT2D eigenvalue weighted by molar-refractivity contribution is 5.43. The third-order valence-electron chi connectivity index (χ3n) is 2.01. The normalized spacial score (nSPS) is 12.7. The molecule has 84 valence electrons.